The molecule has 3 N–H and O–H groups in total. The molecular formula is C23H25N3O6S. The van der Waals surface area contributed by atoms with Gasteiger partial charge in [-0.25, -0.2) is 17.9 Å². The molecule has 174 valence electrons. The van der Waals surface area contributed by atoms with E-state index in [1.165, 1.54) is 30.5 Å². The summed E-state index contributed by atoms with van der Waals surface area (Å²) in [4.78, 5) is 24.6. The van der Waals surface area contributed by atoms with Crippen molar-refractivity contribution in [1.29, 1.82) is 0 Å². The zero-order chi connectivity index (χ0) is 24.1. The summed E-state index contributed by atoms with van der Waals surface area (Å²) in [7, 11) is -3.82. The number of carbonyl (C=O) groups excluding carboxylic acids is 2. The molecule has 0 fully saturated rings. The Morgan fingerprint density at radius 2 is 1.64 bits per heavy atom. The highest BCUT2D eigenvalue weighted by Crippen LogP contribution is 2.19. The molecule has 0 radical (unpaired) electrons. The number of amides is 2. The topological polar surface area (TPSA) is 127 Å². The molecule has 33 heavy (non-hydrogen) atoms. The van der Waals surface area contributed by atoms with Gasteiger partial charge in [0.2, 0.25) is 10.0 Å². The van der Waals surface area contributed by atoms with Crippen LogP contribution in [0.1, 0.15) is 36.9 Å². The molecule has 1 heterocycles. The molecule has 9 nitrogen and oxygen atoms in total. The predicted octanol–water partition coefficient (Wildman–Crippen LogP) is 4.36. The summed E-state index contributed by atoms with van der Waals surface area (Å²) in [6.07, 6.45) is 0.817. The van der Waals surface area contributed by atoms with Gasteiger partial charge in [0, 0.05) is 16.9 Å². The molecule has 0 aliphatic carbocycles. The van der Waals surface area contributed by atoms with Gasteiger partial charge in [0.1, 0.15) is 11.4 Å². The third-order valence-corrected chi connectivity index (χ3v) is 5.59. The lowest BCUT2D eigenvalue weighted by molar-refractivity contribution is 0.0635. The molecule has 0 atom stereocenters. The molecule has 10 heteroatoms. The second-order valence-electron chi connectivity index (χ2n) is 8.09. The maximum Gasteiger partial charge on any atom is 0.412 e. The molecule has 0 unspecified atom stereocenters. The van der Waals surface area contributed by atoms with Crippen LogP contribution in [-0.4, -0.2) is 26.0 Å². The number of hydrogen-bond donors (Lipinski definition) is 3. The maximum atomic E-state index is 12.7. The molecule has 0 saturated heterocycles. The number of ether oxygens (including phenoxy) is 1. The summed E-state index contributed by atoms with van der Waals surface area (Å²) in [5, 5.41) is 5.24. The lowest BCUT2D eigenvalue weighted by Gasteiger charge is -2.19. The van der Waals surface area contributed by atoms with Crippen molar-refractivity contribution >= 4 is 33.4 Å². The fourth-order valence-electron chi connectivity index (χ4n) is 2.77. The van der Waals surface area contributed by atoms with Crippen LogP contribution in [0.2, 0.25) is 0 Å². The van der Waals surface area contributed by atoms with Crippen molar-refractivity contribution in [3.05, 3.63) is 78.3 Å². The van der Waals surface area contributed by atoms with E-state index in [0.717, 1.165) is 0 Å². The van der Waals surface area contributed by atoms with Crippen LogP contribution in [0, 0.1) is 0 Å². The number of carbonyl (C=O) groups is 2. The number of furan rings is 1. The normalized spacial score (nSPS) is 11.6. The predicted molar refractivity (Wildman–Crippen MR) is 123 cm³/mol. The van der Waals surface area contributed by atoms with Crippen LogP contribution < -0.4 is 15.4 Å². The third-order valence-electron chi connectivity index (χ3n) is 4.19. The van der Waals surface area contributed by atoms with Crippen LogP contribution in [-0.2, 0) is 21.3 Å². The number of nitrogens with one attached hydrogen (secondary N) is 3. The average molecular weight is 472 g/mol. The molecule has 3 aromatic rings. The minimum Gasteiger partial charge on any atom is -0.468 e. The highest BCUT2D eigenvalue weighted by atomic mass is 32.2. The fraction of sp³-hybridized carbons (Fsp3) is 0.217. The van der Waals surface area contributed by atoms with E-state index >= 15 is 0 Å². The Balaban J connectivity index is 1.67. The Morgan fingerprint density at radius 1 is 0.939 bits per heavy atom. The van der Waals surface area contributed by atoms with E-state index in [0.29, 0.717) is 17.1 Å². The van der Waals surface area contributed by atoms with Gasteiger partial charge in [-0.05, 0) is 69.3 Å². The molecule has 0 saturated carbocycles. The number of rotatable bonds is 7. The first-order valence-corrected chi connectivity index (χ1v) is 11.5. The van der Waals surface area contributed by atoms with Crippen LogP contribution in [0.3, 0.4) is 0 Å². The van der Waals surface area contributed by atoms with Crippen molar-refractivity contribution in [3.63, 3.8) is 0 Å². The van der Waals surface area contributed by atoms with Crippen molar-refractivity contribution in [2.24, 2.45) is 0 Å². The number of sulfonamides is 1. The van der Waals surface area contributed by atoms with E-state index in [2.05, 4.69) is 15.4 Å². The number of anilines is 2. The largest absolute Gasteiger partial charge is 0.468 e. The van der Waals surface area contributed by atoms with E-state index < -0.39 is 27.6 Å². The monoisotopic (exact) mass is 471 g/mol. The summed E-state index contributed by atoms with van der Waals surface area (Å²) in [5.41, 5.74) is 0.298. The summed E-state index contributed by atoms with van der Waals surface area (Å²) in [6.45, 7) is 5.25. The molecule has 0 aliphatic rings. The molecule has 2 amide bonds. The van der Waals surface area contributed by atoms with Gasteiger partial charge in [-0.1, -0.05) is 12.1 Å². The summed E-state index contributed by atoms with van der Waals surface area (Å²) >= 11 is 0. The SMILES string of the molecule is CC(C)(C)OC(=O)Nc1cccc(C(=O)Nc2cccc(S(=O)(=O)NCc3ccco3)c2)c1. The van der Waals surface area contributed by atoms with E-state index in [9.17, 15) is 18.0 Å². The second-order valence-corrected chi connectivity index (χ2v) is 9.86. The standard InChI is InChI=1S/C23H25N3O6S/c1-23(2,3)32-22(28)26-17-8-4-7-16(13-17)21(27)25-18-9-5-11-20(14-18)33(29,30)24-15-19-10-6-12-31-19/h4-14,24H,15H2,1-3H3,(H,25,27)(H,26,28). The van der Waals surface area contributed by atoms with Gasteiger partial charge in [-0.15, -0.1) is 0 Å². The van der Waals surface area contributed by atoms with Crippen molar-refractivity contribution in [2.75, 3.05) is 10.6 Å². The highest BCUT2D eigenvalue weighted by Gasteiger charge is 2.18. The summed E-state index contributed by atoms with van der Waals surface area (Å²) in [5.74, 6) is 0.00355. The molecule has 0 spiro atoms. The van der Waals surface area contributed by atoms with E-state index in [4.69, 9.17) is 9.15 Å². The second kappa shape index (κ2) is 9.88. The van der Waals surface area contributed by atoms with Gasteiger partial charge in [-0.2, -0.15) is 0 Å². The van der Waals surface area contributed by atoms with Gasteiger partial charge in [0.05, 0.1) is 17.7 Å². The summed E-state index contributed by atoms with van der Waals surface area (Å²) < 4.78 is 37.9. The van der Waals surface area contributed by atoms with E-state index in [1.54, 1.807) is 57.2 Å². The minimum absolute atomic E-state index is 0.00333. The Labute approximate surface area is 192 Å². The van der Waals surface area contributed by atoms with Gasteiger partial charge in [0.15, 0.2) is 0 Å². The molecular weight excluding hydrogens is 446 g/mol. The van der Waals surface area contributed by atoms with E-state index in [-0.39, 0.29) is 17.0 Å². The zero-order valence-corrected chi connectivity index (χ0v) is 19.2. The first kappa shape index (κ1) is 24.0. The van der Waals surface area contributed by atoms with Crippen molar-refractivity contribution in [3.8, 4) is 0 Å². The van der Waals surface area contributed by atoms with Crippen LogP contribution >= 0.6 is 0 Å². The Hall–Kier alpha value is -3.63. The first-order valence-electron chi connectivity index (χ1n) is 10.1. The maximum absolute atomic E-state index is 12.7. The zero-order valence-electron chi connectivity index (χ0n) is 18.4. The number of benzene rings is 2. The lowest BCUT2D eigenvalue weighted by Crippen LogP contribution is -2.27. The molecule has 0 aliphatic heterocycles. The summed E-state index contributed by atoms with van der Waals surface area (Å²) in [6, 6.07) is 15.5. The Bertz CT molecular complexity index is 1230. The molecule has 0 bridgehead atoms. The van der Waals surface area contributed by atoms with Crippen molar-refractivity contribution in [1.82, 2.24) is 4.72 Å². The average Bonchev–Trinajstić information content (AvgIpc) is 3.25. The van der Waals surface area contributed by atoms with Crippen LogP contribution in [0.5, 0.6) is 0 Å². The molecule has 3 rings (SSSR count). The van der Waals surface area contributed by atoms with Crippen molar-refractivity contribution in [2.45, 2.75) is 37.8 Å². The minimum atomic E-state index is -3.82. The Kier molecular flexibility index (Phi) is 7.19. The lowest BCUT2D eigenvalue weighted by atomic mass is 10.2. The van der Waals surface area contributed by atoms with Crippen LogP contribution in [0.25, 0.3) is 0 Å². The van der Waals surface area contributed by atoms with Crippen molar-refractivity contribution < 1.29 is 27.2 Å². The van der Waals surface area contributed by atoms with Gasteiger partial charge in [0.25, 0.3) is 5.91 Å². The Morgan fingerprint density at radius 3 is 2.30 bits per heavy atom. The molecule has 2 aromatic carbocycles. The van der Waals surface area contributed by atoms with Crippen LogP contribution in [0.15, 0.2) is 76.2 Å². The van der Waals surface area contributed by atoms with Gasteiger partial charge in [-0.3, -0.25) is 10.1 Å². The smallest absolute Gasteiger partial charge is 0.412 e. The van der Waals surface area contributed by atoms with Gasteiger partial charge >= 0.3 is 6.09 Å². The molecule has 1 aromatic heterocycles. The fourth-order valence-corrected chi connectivity index (χ4v) is 3.81. The van der Waals surface area contributed by atoms with E-state index in [1.807, 2.05) is 0 Å². The third kappa shape index (κ3) is 7.19. The quantitative estimate of drug-likeness (QED) is 0.470. The number of hydrogen-bond acceptors (Lipinski definition) is 6. The highest BCUT2D eigenvalue weighted by molar-refractivity contribution is 7.89. The first-order chi connectivity index (χ1) is 15.5. The van der Waals surface area contributed by atoms with Gasteiger partial charge < -0.3 is 14.5 Å². The van der Waals surface area contributed by atoms with Crippen LogP contribution in [0.4, 0.5) is 16.2 Å².